The number of hydrogen-bond donors (Lipinski definition) is 0. The van der Waals surface area contributed by atoms with Crippen molar-refractivity contribution in [2.24, 2.45) is 0 Å². The number of rotatable bonds is 3. The third-order valence-electron chi connectivity index (χ3n) is 4.47. The summed E-state index contributed by atoms with van der Waals surface area (Å²) in [5, 5.41) is 0. The Kier molecular flexibility index (Phi) is 3.85. The maximum absolute atomic E-state index is 4.76. The van der Waals surface area contributed by atoms with Gasteiger partial charge in [-0.3, -0.25) is 4.57 Å². The summed E-state index contributed by atoms with van der Waals surface area (Å²) >= 11 is 0. The van der Waals surface area contributed by atoms with Gasteiger partial charge in [0.25, 0.3) is 0 Å². The van der Waals surface area contributed by atoms with Crippen molar-refractivity contribution in [3.05, 3.63) is 66.9 Å². The maximum atomic E-state index is 4.76. The smallest absolute Gasteiger partial charge is 0.146 e. The van der Waals surface area contributed by atoms with Gasteiger partial charge in [0.15, 0.2) is 0 Å². The number of piperidine rings is 1. The standard InChI is InChI=1S/C20H21N3/c1-4-10-17(11-5-1)20-21-16-19(22-14-8-3-9-15-22)23(20)18-12-6-2-7-13-18/h1-2,4-7,10-13,16H,3,8-9,14-15H2. The van der Waals surface area contributed by atoms with Crippen LogP contribution in [-0.4, -0.2) is 22.6 Å². The number of aromatic nitrogens is 2. The monoisotopic (exact) mass is 303 g/mol. The lowest BCUT2D eigenvalue weighted by molar-refractivity contribution is 0.571. The van der Waals surface area contributed by atoms with Crippen LogP contribution in [0.3, 0.4) is 0 Å². The highest BCUT2D eigenvalue weighted by atomic mass is 15.3. The molecule has 116 valence electrons. The van der Waals surface area contributed by atoms with E-state index in [1.807, 2.05) is 12.3 Å². The number of imidazole rings is 1. The van der Waals surface area contributed by atoms with Gasteiger partial charge in [-0.25, -0.2) is 4.98 Å². The van der Waals surface area contributed by atoms with Gasteiger partial charge < -0.3 is 4.90 Å². The number of anilines is 1. The van der Waals surface area contributed by atoms with Gasteiger partial charge in [0.2, 0.25) is 0 Å². The third-order valence-corrected chi connectivity index (χ3v) is 4.47. The molecule has 0 spiro atoms. The zero-order valence-electron chi connectivity index (χ0n) is 13.2. The van der Waals surface area contributed by atoms with Gasteiger partial charge in [-0.05, 0) is 31.4 Å². The molecule has 0 radical (unpaired) electrons. The predicted molar refractivity (Wildman–Crippen MR) is 95.1 cm³/mol. The van der Waals surface area contributed by atoms with Crippen molar-refractivity contribution in [2.75, 3.05) is 18.0 Å². The summed E-state index contributed by atoms with van der Waals surface area (Å²) in [6.45, 7) is 2.24. The van der Waals surface area contributed by atoms with Crippen LogP contribution in [0.4, 0.5) is 5.82 Å². The maximum Gasteiger partial charge on any atom is 0.146 e. The predicted octanol–water partition coefficient (Wildman–Crippen LogP) is 4.53. The first-order valence-electron chi connectivity index (χ1n) is 8.37. The SMILES string of the molecule is c1ccc(-c2ncc(N3CCCCC3)n2-c2ccccc2)cc1. The zero-order valence-corrected chi connectivity index (χ0v) is 13.2. The van der Waals surface area contributed by atoms with E-state index in [0.29, 0.717) is 0 Å². The Hall–Kier alpha value is -2.55. The van der Waals surface area contributed by atoms with Crippen LogP contribution in [0.5, 0.6) is 0 Å². The molecule has 2 heterocycles. The quantitative estimate of drug-likeness (QED) is 0.709. The summed E-state index contributed by atoms with van der Waals surface area (Å²) in [6.07, 6.45) is 5.89. The highest BCUT2D eigenvalue weighted by Gasteiger charge is 2.19. The summed E-state index contributed by atoms with van der Waals surface area (Å²) in [7, 11) is 0. The topological polar surface area (TPSA) is 21.1 Å². The van der Waals surface area contributed by atoms with Gasteiger partial charge in [0, 0.05) is 24.3 Å². The van der Waals surface area contributed by atoms with Crippen molar-refractivity contribution in [1.82, 2.24) is 9.55 Å². The van der Waals surface area contributed by atoms with Crippen LogP contribution >= 0.6 is 0 Å². The zero-order chi connectivity index (χ0) is 15.5. The Labute approximate surface area is 137 Å². The van der Waals surface area contributed by atoms with Crippen LogP contribution < -0.4 is 4.90 Å². The number of nitrogens with zero attached hydrogens (tertiary/aromatic N) is 3. The molecule has 2 aromatic carbocycles. The molecule has 23 heavy (non-hydrogen) atoms. The van der Waals surface area contributed by atoms with Crippen molar-refractivity contribution >= 4 is 5.82 Å². The lowest BCUT2D eigenvalue weighted by Crippen LogP contribution is -2.31. The Balaban J connectivity index is 1.85. The Morgan fingerprint density at radius 1 is 0.739 bits per heavy atom. The van der Waals surface area contributed by atoms with E-state index in [9.17, 15) is 0 Å². The van der Waals surface area contributed by atoms with Crippen LogP contribution in [0, 0.1) is 0 Å². The normalized spacial score (nSPS) is 14.9. The summed E-state index contributed by atoms with van der Waals surface area (Å²) in [6, 6.07) is 21.0. The molecular weight excluding hydrogens is 282 g/mol. The summed E-state index contributed by atoms with van der Waals surface area (Å²) in [4.78, 5) is 7.23. The number of para-hydroxylation sites is 1. The highest BCUT2D eigenvalue weighted by Crippen LogP contribution is 2.30. The molecule has 0 aliphatic carbocycles. The van der Waals surface area contributed by atoms with Gasteiger partial charge in [0.05, 0.1) is 6.20 Å². The van der Waals surface area contributed by atoms with Gasteiger partial charge in [-0.15, -0.1) is 0 Å². The number of benzene rings is 2. The second-order valence-electron chi connectivity index (χ2n) is 6.02. The van der Waals surface area contributed by atoms with Crippen LogP contribution in [0.2, 0.25) is 0 Å². The molecule has 0 N–H and O–H groups in total. The van der Waals surface area contributed by atoms with Crippen molar-refractivity contribution in [3.63, 3.8) is 0 Å². The van der Waals surface area contributed by atoms with Gasteiger partial charge in [-0.1, -0.05) is 48.5 Å². The molecule has 0 bridgehead atoms. The fraction of sp³-hybridized carbons (Fsp3) is 0.250. The third kappa shape index (κ3) is 2.74. The first-order chi connectivity index (χ1) is 11.4. The molecule has 1 fully saturated rings. The average molecular weight is 303 g/mol. The van der Waals surface area contributed by atoms with E-state index in [1.165, 1.54) is 30.8 Å². The molecular formula is C20H21N3. The van der Waals surface area contributed by atoms with Crippen molar-refractivity contribution in [2.45, 2.75) is 19.3 Å². The van der Waals surface area contributed by atoms with Crippen LogP contribution in [0.15, 0.2) is 66.9 Å². The molecule has 3 heteroatoms. The second kappa shape index (κ2) is 6.29. The van der Waals surface area contributed by atoms with E-state index in [0.717, 1.165) is 24.5 Å². The van der Waals surface area contributed by atoms with Crippen molar-refractivity contribution < 1.29 is 0 Å². The first-order valence-corrected chi connectivity index (χ1v) is 8.37. The lowest BCUT2D eigenvalue weighted by atomic mass is 10.1. The van der Waals surface area contributed by atoms with Crippen LogP contribution in [0.25, 0.3) is 17.1 Å². The first kappa shape index (κ1) is 14.1. The van der Waals surface area contributed by atoms with Gasteiger partial charge >= 0.3 is 0 Å². The minimum absolute atomic E-state index is 1.01. The molecule has 0 atom stereocenters. The molecule has 4 rings (SSSR count). The summed E-state index contributed by atoms with van der Waals surface area (Å²) < 4.78 is 2.29. The van der Waals surface area contributed by atoms with E-state index in [1.54, 1.807) is 0 Å². The Morgan fingerprint density at radius 3 is 2.09 bits per heavy atom. The van der Waals surface area contributed by atoms with E-state index in [4.69, 9.17) is 4.98 Å². The highest BCUT2D eigenvalue weighted by molar-refractivity contribution is 5.64. The van der Waals surface area contributed by atoms with E-state index in [2.05, 4.69) is 64.1 Å². The molecule has 0 saturated carbocycles. The molecule has 3 aromatic rings. The molecule has 3 nitrogen and oxygen atoms in total. The minimum atomic E-state index is 1.01. The number of hydrogen-bond acceptors (Lipinski definition) is 2. The Morgan fingerprint density at radius 2 is 1.39 bits per heavy atom. The van der Waals surface area contributed by atoms with Crippen molar-refractivity contribution in [3.8, 4) is 17.1 Å². The van der Waals surface area contributed by atoms with E-state index < -0.39 is 0 Å². The molecule has 1 aliphatic rings. The van der Waals surface area contributed by atoms with Gasteiger partial charge in [-0.2, -0.15) is 0 Å². The largest absolute Gasteiger partial charge is 0.356 e. The fourth-order valence-electron chi connectivity index (χ4n) is 3.31. The molecule has 1 aromatic heterocycles. The minimum Gasteiger partial charge on any atom is -0.356 e. The Bertz CT molecular complexity index is 756. The molecule has 0 unspecified atom stereocenters. The van der Waals surface area contributed by atoms with Crippen LogP contribution in [0.1, 0.15) is 19.3 Å². The molecule has 1 aliphatic heterocycles. The van der Waals surface area contributed by atoms with E-state index >= 15 is 0 Å². The summed E-state index contributed by atoms with van der Waals surface area (Å²) in [5.74, 6) is 2.21. The molecule has 0 amide bonds. The average Bonchev–Trinajstić information content (AvgIpc) is 3.09. The van der Waals surface area contributed by atoms with E-state index in [-0.39, 0.29) is 0 Å². The fourth-order valence-corrected chi connectivity index (χ4v) is 3.31. The lowest BCUT2D eigenvalue weighted by Gasteiger charge is -2.29. The second-order valence-corrected chi connectivity index (χ2v) is 6.02. The van der Waals surface area contributed by atoms with Crippen LogP contribution in [-0.2, 0) is 0 Å². The molecule has 1 saturated heterocycles. The van der Waals surface area contributed by atoms with Gasteiger partial charge in [0.1, 0.15) is 11.6 Å². The summed E-state index contributed by atoms with van der Waals surface area (Å²) in [5.41, 5.74) is 2.32. The van der Waals surface area contributed by atoms with Crippen molar-refractivity contribution in [1.29, 1.82) is 0 Å².